The molecule has 11 heteroatoms. The Morgan fingerprint density at radius 3 is 1.62 bits per heavy atom. The first-order valence-electron chi connectivity index (χ1n) is 10.4. The zero-order valence-corrected chi connectivity index (χ0v) is 18.5. The highest BCUT2D eigenvalue weighted by Gasteiger charge is 2.81. The van der Waals surface area contributed by atoms with Gasteiger partial charge in [0.1, 0.15) is 12.2 Å². The molecule has 0 saturated heterocycles. The molecule has 4 fully saturated rings. The van der Waals surface area contributed by atoms with Crippen molar-refractivity contribution in [3.05, 3.63) is 0 Å². The van der Waals surface area contributed by atoms with Gasteiger partial charge in [0, 0.05) is 38.0 Å². The zero-order chi connectivity index (χ0) is 24.2. The number of ether oxygens (including phenoxy) is 4. The lowest BCUT2D eigenvalue weighted by Gasteiger charge is -2.19. The topological polar surface area (TPSA) is 125 Å². The Morgan fingerprint density at radius 1 is 0.781 bits per heavy atom. The first-order chi connectivity index (χ1) is 14.8. The fourth-order valence-electron chi connectivity index (χ4n) is 5.83. The number of esters is 4. The molecule has 0 aliphatic heterocycles. The van der Waals surface area contributed by atoms with Crippen LogP contribution in [0.4, 0.5) is 8.78 Å². The highest BCUT2D eigenvalue weighted by atomic mass is 19.2. The number of alkyl halides is 2. The number of carbonyl (C=O) groups is 4. The first kappa shape index (κ1) is 24.3. The van der Waals surface area contributed by atoms with Gasteiger partial charge in [-0.1, -0.05) is 6.92 Å². The van der Waals surface area contributed by atoms with E-state index in [0.717, 1.165) is 7.11 Å². The molecule has 0 radical (unpaired) electrons. The summed E-state index contributed by atoms with van der Waals surface area (Å²) in [7, 11) is 2.26. The van der Waals surface area contributed by atoms with Crippen LogP contribution in [0.15, 0.2) is 0 Å². The number of methoxy groups -OCH3 is 2. The second-order valence-corrected chi connectivity index (χ2v) is 8.93. The maximum atomic E-state index is 14.3. The monoisotopic (exact) mass is 462 g/mol. The van der Waals surface area contributed by atoms with Crippen LogP contribution in [0.25, 0.3) is 0 Å². The summed E-state index contributed by atoms with van der Waals surface area (Å²) in [5.41, 5.74) is -4.13. The van der Waals surface area contributed by atoms with E-state index in [1.165, 1.54) is 21.0 Å². The van der Waals surface area contributed by atoms with Crippen molar-refractivity contribution in [2.75, 3.05) is 14.2 Å². The van der Waals surface area contributed by atoms with Crippen molar-refractivity contribution in [2.45, 2.75) is 63.3 Å². The Bertz CT molecular complexity index is 753. The zero-order valence-electron chi connectivity index (χ0n) is 18.5. The average molecular weight is 462 g/mol. The van der Waals surface area contributed by atoms with E-state index in [2.05, 4.69) is 9.47 Å². The molecule has 0 heterocycles. The Labute approximate surface area is 183 Å². The number of hydrogen-bond donors (Lipinski definition) is 1. The van der Waals surface area contributed by atoms with Crippen molar-refractivity contribution in [3.63, 3.8) is 0 Å². The van der Waals surface area contributed by atoms with Crippen molar-refractivity contribution in [3.8, 4) is 0 Å². The van der Waals surface area contributed by atoms with Crippen LogP contribution >= 0.6 is 0 Å². The van der Waals surface area contributed by atoms with Crippen molar-refractivity contribution >= 4 is 23.9 Å². The van der Waals surface area contributed by atoms with Gasteiger partial charge in [0.15, 0.2) is 0 Å². The lowest BCUT2D eigenvalue weighted by atomic mass is 9.99. The standard InChI is InChI=1S/C11H15FO4.C10H13FO5/c1-5-4-7(16-6(2)13)9-8(5)11(9,12)10(14)15-3;1-4(12)16-6-3-5(13)7-8(6)10(7,11)9(14)15-2/h5,7-9H,4H2,1-3H3;5-8,13H,3H2,1-2H3/t5-,7+,8+,9-,11+;5-,6?,7+,8-,10+/m00/s1. The summed E-state index contributed by atoms with van der Waals surface area (Å²) in [5, 5.41) is 9.56. The van der Waals surface area contributed by atoms with Gasteiger partial charge in [-0.05, 0) is 12.3 Å². The van der Waals surface area contributed by atoms with E-state index in [0.29, 0.717) is 6.42 Å². The van der Waals surface area contributed by atoms with Crippen LogP contribution in [0.3, 0.4) is 0 Å². The number of aliphatic hydroxyl groups excluding tert-OH is 1. The van der Waals surface area contributed by atoms with Crippen molar-refractivity contribution in [2.24, 2.45) is 29.6 Å². The van der Waals surface area contributed by atoms with E-state index in [-0.39, 0.29) is 18.3 Å². The molecule has 4 aliphatic carbocycles. The molecule has 10 atom stereocenters. The fourth-order valence-corrected chi connectivity index (χ4v) is 5.83. The minimum absolute atomic E-state index is 0.0402. The molecule has 0 amide bonds. The summed E-state index contributed by atoms with van der Waals surface area (Å²) in [6.07, 6.45) is -1.38. The van der Waals surface area contributed by atoms with Crippen molar-refractivity contribution in [1.29, 1.82) is 0 Å². The maximum absolute atomic E-state index is 14.3. The number of halogens is 2. The molecular formula is C21H28F2O9. The molecule has 0 aromatic carbocycles. The summed E-state index contributed by atoms with van der Waals surface area (Å²) >= 11 is 0. The van der Waals surface area contributed by atoms with Gasteiger partial charge in [-0.15, -0.1) is 0 Å². The largest absolute Gasteiger partial charge is 0.467 e. The lowest BCUT2D eigenvalue weighted by Crippen LogP contribution is -2.34. The van der Waals surface area contributed by atoms with Crippen LogP contribution in [0.2, 0.25) is 0 Å². The molecule has 0 aromatic rings. The molecule has 0 bridgehead atoms. The van der Waals surface area contributed by atoms with Crippen LogP contribution in [0.1, 0.15) is 33.6 Å². The third-order valence-corrected chi connectivity index (χ3v) is 7.03. The summed E-state index contributed by atoms with van der Waals surface area (Å²) in [6.45, 7) is 4.37. The van der Waals surface area contributed by atoms with Crippen LogP contribution in [-0.2, 0) is 38.1 Å². The molecule has 32 heavy (non-hydrogen) atoms. The van der Waals surface area contributed by atoms with E-state index in [1.54, 1.807) is 0 Å². The smallest absolute Gasteiger partial charge is 0.344 e. The SMILES string of the molecule is COC(=O)[C@@]1(F)[C@@H]2[C@@H](O)CC(OC(C)=O)[C@@H]21.COC(=O)[C@]1(F)[C@@H]2[C@H]1[C@@H](C)C[C@H]2OC(C)=O. The number of aliphatic hydroxyl groups is 1. The van der Waals surface area contributed by atoms with Gasteiger partial charge in [-0.25, -0.2) is 18.4 Å². The molecule has 1 N–H and O–H groups in total. The van der Waals surface area contributed by atoms with Gasteiger partial charge in [-0.2, -0.15) is 0 Å². The predicted molar refractivity (Wildman–Crippen MR) is 101 cm³/mol. The number of rotatable bonds is 4. The third kappa shape index (κ3) is 3.64. The number of carbonyl (C=O) groups excluding carboxylic acids is 4. The Morgan fingerprint density at radius 2 is 1.19 bits per heavy atom. The number of hydrogen-bond acceptors (Lipinski definition) is 9. The molecular weight excluding hydrogens is 434 g/mol. The quantitative estimate of drug-likeness (QED) is 0.479. The van der Waals surface area contributed by atoms with E-state index < -0.39 is 71.3 Å². The minimum Gasteiger partial charge on any atom is -0.467 e. The molecule has 0 aromatic heterocycles. The Kier molecular flexibility index (Phi) is 6.27. The summed E-state index contributed by atoms with van der Waals surface area (Å²) < 4.78 is 47.1. The first-order valence-corrected chi connectivity index (χ1v) is 10.4. The minimum atomic E-state index is -2.19. The molecule has 4 rings (SSSR count). The van der Waals surface area contributed by atoms with Gasteiger partial charge in [0.05, 0.1) is 26.2 Å². The van der Waals surface area contributed by atoms with Crippen molar-refractivity contribution < 1.29 is 52.0 Å². The second-order valence-electron chi connectivity index (χ2n) is 8.93. The molecule has 4 saturated carbocycles. The van der Waals surface area contributed by atoms with Gasteiger partial charge in [0.2, 0.25) is 11.3 Å². The molecule has 4 aliphatic rings. The van der Waals surface area contributed by atoms with E-state index >= 15 is 0 Å². The van der Waals surface area contributed by atoms with Crippen molar-refractivity contribution in [1.82, 2.24) is 0 Å². The average Bonchev–Trinajstić information content (AvgIpc) is 3.42. The Hall–Kier alpha value is -2.30. The van der Waals surface area contributed by atoms with E-state index in [9.17, 15) is 33.1 Å². The summed E-state index contributed by atoms with van der Waals surface area (Å²) in [6, 6.07) is 0. The van der Waals surface area contributed by atoms with Crippen LogP contribution in [-0.4, -0.2) is 72.9 Å². The highest BCUT2D eigenvalue weighted by molar-refractivity contribution is 5.86. The Balaban J connectivity index is 0.000000181. The van der Waals surface area contributed by atoms with Gasteiger partial charge in [0.25, 0.3) is 0 Å². The van der Waals surface area contributed by atoms with E-state index in [4.69, 9.17) is 9.47 Å². The maximum Gasteiger partial charge on any atom is 0.344 e. The van der Waals surface area contributed by atoms with Crippen LogP contribution in [0, 0.1) is 29.6 Å². The highest BCUT2D eigenvalue weighted by Crippen LogP contribution is 2.67. The lowest BCUT2D eigenvalue weighted by molar-refractivity contribution is -0.157. The normalized spacial score (nSPS) is 44.8. The van der Waals surface area contributed by atoms with E-state index in [1.807, 2.05) is 6.92 Å². The second kappa shape index (κ2) is 8.24. The molecule has 9 nitrogen and oxygen atoms in total. The van der Waals surface area contributed by atoms with Crippen LogP contribution in [0.5, 0.6) is 0 Å². The van der Waals surface area contributed by atoms with Gasteiger partial charge in [-0.3, -0.25) is 9.59 Å². The summed E-state index contributed by atoms with van der Waals surface area (Å²) in [5.74, 6) is -5.22. The van der Waals surface area contributed by atoms with Gasteiger partial charge < -0.3 is 24.1 Å². The third-order valence-electron chi connectivity index (χ3n) is 7.03. The fraction of sp³-hybridized carbons (Fsp3) is 0.810. The predicted octanol–water partition coefficient (Wildman–Crippen LogP) is 0.895. The molecule has 180 valence electrons. The van der Waals surface area contributed by atoms with Gasteiger partial charge >= 0.3 is 23.9 Å². The molecule has 1 unspecified atom stereocenters. The molecule has 0 spiro atoms. The summed E-state index contributed by atoms with van der Waals surface area (Å²) in [4.78, 5) is 44.2. The number of fused-ring (bicyclic) bond motifs is 2. The van der Waals surface area contributed by atoms with Crippen LogP contribution < -0.4 is 0 Å².